The molecule has 0 amide bonds. The number of phosphoric ester groups is 1. The number of rotatable bonds is 0. The summed E-state index contributed by atoms with van der Waals surface area (Å²) in [5.74, 6) is -11.8. The molecule has 9 heteroatoms. The standard InChI is InChI=1S/C4H3F4O4P/c5-2(6)1-3(7)4(2,8)12-13(9,10)11-3/h1H2,(H,9,10). The van der Waals surface area contributed by atoms with Crippen LogP contribution in [-0.2, 0) is 13.6 Å². The highest BCUT2D eigenvalue weighted by atomic mass is 31.2. The average Bonchev–Trinajstić information content (AvgIpc) is 1.95. The van der Waals surface area contributed by atoms with Gasteiger partial charge in [0.2, 0.25) is 0 Å². The molecule has 3 unspecified atom stereocenters. The van der Waals surface area contributed by atoms with E-state index in [1.165, 1.54) is 0 Å². The van der Waals surface area contributed by atoms with E-state index in [0.717, 1.165) is 0 Å². The van der Waals surface area contributed by atoms with E-state index in [9.17, 15) is 22.1 Å². The molecule has 76 valence electrons. The van der Waals surface area contributed by atoms with Crippen LogP contribution >= 0.6 is 7.82 Å². The summed E-state index contributed by atoms with van der Waals surface area (Å²) in [7, 11) is -5.03. The van der Waals surface area contributed by atoms with E-state index in [1.807, 2.05) is 0 Å². The van der Waals surface area contributed by atoms with Crippen LogP contribution in [0.15, 0.2) is 0 Å². The predicted octanol–water partition coefficient (Wildman–Crippen LogP) is 1.50. The maximum atomic E-state index is 12.9. The summed E-state index contributed by atoms with van der Waals surface area (Å²) in [5, 5.41) is 0. The van der Waals surface area contributed by atoms with Gasteiger partial charge in [-0.1, -0.05) is 0 Å². The van der Waals surface area contributed by atoms with Crippen LogP contribution in [-0.4, -0.2) is 22.5 Å². The molecule has 0 aromatic rings. The first kappa shape index (κ1) is 9.39. The van der Waals surface area contributed by atoms with E-state index in [0.29, 0.717) is 0 Å². The van der Waals surface area contributed by atoms with Gasteiger partial charge in [-0.2, -0.15) is 13.2 Å². The summed E-state index contributed by atoms with van der Waals surface area (Å²) in [6, 6.07) is 0. The lowest BCUT2D eigenvalue weighted by Gasteiger charge is -2.44. The second-order valence-corrected chi connectivity index (χ2v) is 4.16. The van der Waals surface area contributed by atoms with Crippen LogP contribution in [0.3, 0.4) is 0 Å². The first-order valence-electron chi connectivity index (χ1n) is 3.12. The van der Waals surface area contributed by atoms with Gasteiger partial charge in [0.25, 0.3) is 5.85 Å². The SMILES string of the molecule is O=P1(O)OC2(F)CC(F)(F)C2(F)O1. The van der Waals surface area contributed by atoms with E-state index >= 15 is 0 Å². The molecule has 1 saturated heterocycles. The van der Waals surface area contributed by atoms with Gasteiger partial charge in [0.05, 0.1) is 6.42 Å². The fraction of sp³-hybridized carbons (Fsp3) is 1.00. The molecule has 0 bridgehead atoms. The van der Waals surface area contributed by atoms with Crippen LogP contribution < -0.4 is 0 Å². The first-order valence-corrected chi connectivity index (χ1v) is 4.61. The van der Waals surface area contributed by atoms with Crippen molar-refractivity contribution in [3.05, 3.63) is 0 Å². The fourth-order valence-corrected chi connectivity index (χ4v) is 2.44. The summed E-state index contributed by atoms with van der Waals surface area (Å²) >= 11 is 0. The van der Waals surface area contributed by atoms with Crippen molar-refractivity contribution in [1.29, 1.82) is 0 Å². The molecule has 2 aliphatic rings. The lowest BCUT2D eigenvalue weighted by atomic mass is 9.82. The molecule has 1 aliphatic carbocycles. The third kappa shape index (κ3) is 0.890. The Bertz CT molecular complexity index is 321. The highest BCUT2D eigenvalue weighted by Crippen LogP contribution is 2.74. The predicted molar refractivity (Wildman–Crippen MR) is 29.2 cm³/mol. The molecule has 1 saturated carbocycles. The van der Waals surface area contributed by atoms with Crippen LogP contribution in [0.5, 0.6) is 0 Å². The largest absolute Gasteiger partial charge is 0.478 e. The third-order valence-corrected chi connectivity index (χ3v) is 2.90. The van der Waals surface area contributed by atoms with E-state index in [4.69, 9.17) is 4.89 Å². The van der Waals surface area contributed by atoms with Crippen molar-refractivity contribution in [3.8, 4) is 0 Å². The molecule has 2 fully saturated rings. The molecule has 0 radical (unpaired) electrons. The summed E-state index contributed by atoms with van der Waals surface area (Å²) in [6.07, 6.45) is -1.62. The fourth-order valence-electron chi connectivity index (χ4n) is 1.27. The topological polar surface area (TPSA) is 55.8 Å². The van der Waals surface area contributed by atoms with Gasteiger partial charge in [0.1, 0.15) is 0 Å². The number of hydrogen-bond donors (Lipinski definition) is 1. The van der Waals surface area contributed by atoms with Gasteiger partial charge in [0.15, 0.2) is 0 Å². The molecule has 3 atom stereocenters. The highest BCUT2D eigenvalue weighted by molar-refractivity contribution is 7.47. The number of fused-ring (bicyclic) bond motifs is 1. The molecule has 1 heterocycles. The molecule has 0 aromatic heterocycles. The van der Waals surface area contributed by atoms with Crippen LogP contribution in [0.2, 0.25) is 0 Å². The van der Waals surface area contributed by atoms with Gasteiger partial charge >= 0.3 is 19.6 Å². The van der Waals surface area contributed by atoms with E-state index in [2.05, 4.69) is 9.05 Å². The molecule has 0 spiro atoms. The Morgan fingerprint density at radius 2 is 1.77 bits per heavy atom. The molecule has 4 nitrogen and oxygen atoms in total. The van der Waals surface area contributed by atoms with Crippen LogP contribution in [0.4, 0.5) is 17.6 Å². The Labute approximate surface area is 69.1 Å². The van der Waals surface area contributed by atoms with E-state index in [1.54, 1.807) is 0 Å². The molecule has 1 aliphatic heterocycles. The number of alkyl halides is 4. The second-order valence-electron chi connectivity index (χ2n) is 2.86. The molecular formula is C4H3F4O4P. The molecule has 0 aromatic carbocycles. The second kappa shape index (κ2) is 1.93. The Hall–Kier alpha value is -0.170. The summed E-state index contributed by atoms with van der Waals surface area (Å²) in [4.78, 5) is 8.44. The quantitative estimate of drug-likeness (QED) is 0.498. The van der Waals surface area contributed by atoms with Crippen molar-refractivity contribution >= 4 is 7.82 Å². The van der Waals surface area contributed by atoms with Gasteiger partial charge in [-0.3, -0.25) is 0 Å². The monoisotopic (exact) mass is 222 g/mol. The van der Waals surface area contributed by atoms with Gasteiger partial charge in [-0.15, -0.1) is 0 Å². The molecule has 1 N–H and O–H groups in total. The normalized spacial score (nSPS) is 58.5. The van der Waals surface area contributed by atoms with Crippen LogP contribution in [0.1, 0.15) is 6.42 Å². The Balaban J connectivity index is 2.42. The lowest BCUT2D eigenvalue weighted by molar-refractivity contribution is -0.400. The van der Waals surface area contributed by atoms with Crippen molar-refractivity contribution in [2.45, 2.75) is 24.1 Å². The van der Waals surface area contributed by atoms with Crippen molar-refractivity contribution in [2.24, 2.45) is 0 Å². The summed E-state index contributed by atoms with van der Waals surface area (Å²) < 4.78 is 68.1. The highest BCUT2D eigenvalue weighted by Gasteiger charge is 2.89. The molecule has 13 heavy (non-hydrogen) atoms. The van der Waals surface area contributed by atoms with Crippen molar-refractivity contribution in [2.75, 3.05) is 0 Å². The zero-order valence-electron chi connectivity index (χ0n) is 5.84. The van der Waals surface area contributed by atoms with Gasteiger partial charge in [-0.25, -0.2) is 18.0 Å². The lowest BCUT2D eigenvalue weighted by Crippen LogP contribution is -2.70. The zero-order valence-corrected chi connectivity index (χ0v) is 6.73. The summed E-state index contributed by atoms with van der Waals surface area (Å²) in [5.41, 5.74) is 0. The Morgan fingerprint density at radius 1 is 1.23 bits per heavy atom. The van der Waals surface area contributed by atoms with E-state index < -0.39 is 31.9 Å². The maximum Gasteiger partial charge on any atom is 0.478 e. The third-order valence-electron chi connectivity index (χ3n) is 1.90. The minimum Gasteiger partial charge on any atom is -0.302 e. The minimum atomic E-state index is -5.03. The Kier molecular flexibility index (Phi) is 1.39. The van der Waals surface area contributed by atoms with Crippen molar-refractivity contribution in [1.82, 2.24) is 0 Å². The maximum absolute atomic E-state index is 12.9. The van der Waals surface area contributed by atoms with Crippen LogP contribution in [0.25, 0.3) is 0 Å². The number of hydrogen-bond acceptors (Lipinski definition) is 3. The Morgan fingerprint density at radius 3 is 2.08 bits per heavy atom. The van der Waals surface area contributed by atoms with Gasteiger partial charge in [-0.05, 0) is 0 Å². The van der Waals surface area contributed by atoms with E-state index in [-0.39, 0.29) is 0 Å². The van der Waals surface area contributed by atoms with Gasteiger partial charge < -0.3 is 4.89 Å². The van der Waals surface area contributed by atoms with Crippen molar-refractivity contribution < 1.29 is 36.1 Å². The van der Waals surface area contributed by atoms with Crippen LogP contribution in [0, 0.1) is 0 Å². The van der Waals surface area contributed by atoms with Crippen molar-refractivity contribution in [3.63, 3.8) is 0 Å². The number of halogens is 4. The minimum absolute atomic E-state index is 1.62. The van der Waals surface area contributed by atoms with Gasteiger partial charge in [0, 0.05) is 0 Å². The smallest absolute Gasteiger partial charge is 0.302 e. The zero-order chi connectivity index (χ0) is 10.1. The molecular weight excluding hydrogens is 219 g/mol. The molecule has 2 rings (SSSR count). The number of phosphoric acid groups is 1. The summed E-state index contributed by atoms with van der Waals surface area (Å²) in [6.45, 7) is 0. The first-order chi connectivity index (χ1) is 5.62. The average molecular weight is 222 g/mol.